The SMILES string of the molecule is N#Cc1cnc(C2=COCO2)nc1. The van der Waals surface area contributed by atoms with Crippen molar-refractivity contribution in [2.45, 2.75) is 0 Å². The molecule has 0 bridgehead atoms. The third kappa shape index (κ3) is 1.42. The van der Waals surface area contributed by atoms with Gasteiger partial charge in [0.2, 0.25) is 12.6 Å². The van der Waals surface area contributed by atoms with Gasteiger partial charge in [0, 0.05) is 12.4 Å². The van der Waals surface area contributed by atoms with E-state index in [9.17, 15) is 0 Å². The molecule has 0 unspecified atom stereocenters. The number of aromatic nitrogens is 2. The minimum atomic E-state index is 0.193. The van der Waals surface area contributed by atoms with Crippen LogP contribution in [0, 0.1) is 11.3 Å². The maximum atomic E-state index is 8.49. The molecule has 5 heteroatoms. The molecule has 2 heterocycles. The Morgan fingerprint density at radius 3 is 2.69 bits per heavy atom. The van der Waals surface area contributed by atoms with Gasteiger partial charge in [-0.1, -0.05) is 0 Å². The first-order valence-corrected chi connectivity index (χ1v) is 3.57. The molecule has 64 valence electrons. The summed E-state index contributed by atoms with van der Waals surface area (Å²) < 4.78 is 9.88. The lowest BCUT2D eigenvalue weighted by Crippen LogP contribution is -1.94. The molecule has 0 N–H and O–H groups in total. The molecular formula is C8H5N3O2. The molecule has 0 aromatic carbocycles. The van der Waals surface area contributed by atoms with Gasteiger partial charge in [-0.25, -0.2) is 9.97 Å². The molecule has 0 radical (unpaired) electrons. The average molecular weight is 175 g/mol. The molecule has 1 aliphatic rings. The summed E-state index contributed by atoms with van der Waals surface area (Å²) in [6.45, 7) is 0.193. The molecule has 13 heavy (non-hydrogen) atoms. The predicted molar refractivity (Wildman–Crippen MR) is 41.8 cm³/mol. The summed E-state index contributed by atoms with van der Waals surface area (Å²) in [5.41, 5.74) is 0.420. The fraction of sp³-hybridized carbons (Fsp3) is 0.125. The molecule has 0 aliphatic carbocycles. The van der Waals surface area contributed by atoms with Gasteiger partial charge >= 0.3 is 0 Å². The van der Waals surface area contributed by atoms with Crippen LogP contribution in [-0.2, 0) is 9.47 Å². The molecule has 0 amide bonds. The highest BCUT2D eigenvalue weighted by atomic mass is 16.7. The van der Waals surface area contributed by atoms with E-state index in [1.807, 2.05) is 6.07 Å². The van der Waals surface area contributed by atoms with Crippen molar-refractivity contribution in [1.29, 1.82) is 5.26 Å². The van der Waals surface area contributed by atoms with Crippen LogP contribution in [0.15, 0.2) is 18.7 Å². The summed E-state index contributed by atoms with van der Waals surface area (Å²) in [7, 11) is 0. The van der Waals surface area contributed by atoms with Crippen LogP contribution >= 0.6 is 0 Å². The molecule has 0 spiro atoms. The molecule has 0 saturated carbocycles. The Balaban J connectivity index is 2.28. The smallest absolute Gasteiger partial charge is 0.230 e. The van der Waals surface area contributed by atoms with E-state index in [0.29, 0.717) is 17.1 Å². The zero-order valence-electron chi connectivity index (χ0n) is 6.60. The van der Waals surface area contributed by atoms with Gasteiger partial charge < -0.3 is 9.47 Å². The Morgan fingerprint density at radius 1 is 1.38 bits per heavy atom. The van der Waals surface area contributed by atoms with Crippen molar-refractivity contribution < 1.29 is 9.47 Å². The molecule has 1 aliphatic heterocycles. The second-order valence-corrected chi connectivity index (χ2v) is 2.32. The minimum absolute atomic E-state index is 0.193. The van der Waals surface area contributed by atoms with Crippen LogP contribution in [0.25, 0.3) is 5.76 Å². The first kappa shape index (κ1) is 7.55. The van der Waals surface area contributed by atoms with Gasteiger partial charge in [0.15, 0.2) is 5.82 Å². The van der Waals surface area contributed by atoms with Gasteiger partial charge in [-0.2, -0.15) is 5.26 Å². The van der Waals surface area contributed by atoms with Crippen LogP contribution in [0.3, 0.4) is 0 Å². The topological polar surface area (TPSA) is 68.0 Å². The molecule has 0 saturated heterocycles. The van der Waals surface area contributed by atoms with Crippen LogP contribution in [0.4, 0.5) is 0 Å². The number of hydrogen-bond donors (Lipinski definition) is 0. The van der Waals surface area contributed by atoms with Crippen molar-refractivity contribution in [2.24, 2.45) is 0 Å². The van der Waals surface area contributed by atoms with Gasteiger partial charge in [0.05, 0.1) is 5.56 Å². The molecule has 1 aromatic heterocycles. The van der Waals surface area contributed by atoms with Crippen molar-refractivity contribution in [1.82, 2.24) is 9.97 Å². The van der Waals surface area contributed by atoms with E-state index in [4.69, 9.17) is 14.7 Å². The van der Waals surface area contributed by atoms with Crippen LogP contribution in [-0.4, -0.2) is 16.8 Å². The fourth-order valence-electron chi connectivity index (χ4n) is 0.871. The highest BCUT2D eigenvalue weighted by Gasteiger charge is 2.11. The van der Waals surface area contributed by atoms with E-state index < -0.39 is 0 Å². The maximum Gasteiger partial charge on any atom is 0.230 e. The first-order valence-electron chi connectivity index (χ1n) is 3.57. The molecule has 0 fully saturated rings. The highest BCUT2D eigenvalue weighted by Crippen LogP contribution is 2.15. The van der Waals surface area contributed by atoms with E-state index in [2.05, 4.69) is 9.97 Å². The van der Waals surface area contributed by atoms with E-state index >= 15 is 0 Å². The predicted octanol–water partition coefficient (Wildman–Crippen LogP) is 0.651. The summed E-state index contributed by atoms with van der Waals surface area (Å²) >= 11 is 0. The Bertz CT molecular complexity index is 377. The Kier molecular flexibility index (Phi) is 1.81. The van der Waals surface area contributed by atoms with Gasteiger partial charge in [-0.3, -0.25) is 0 Å². The van der Waals surface area contributed by atoms with Crippen LogP contribution in [0.2, 0.25) is 0 Å². The van der Waals surface area contributed by atoms with E-state index in [1.54, 1.807) is 0 Å². The number of ether oxygens (including phenoxy) is 2. The molecule has 2 rings (SSSR count). The summed E-state index contributed by atoms with van der Waals surface area (Å²) in [5, 5.41) is 8.49. The van der Waals surface area contributed by atoms with Crippen molar-refractivity contribution >= 4 is 5.76 Å². The zero-order valence-corrected chi connectivity index (χ0v) is 6.60. The summed E-state index contributed by atoms with van der Waals surface area (Å²) in [6, 6.07) is 1.93. The van der Waals surface area contributed by atoms with Crippen molar-refractivity contribution in [3.05, 3.63) is 30.0 Å². The summed E-state index contributed by atoms with van der Waals surface area (Å²) in [5.74, 6) is 0.918. The quantitative estimate of drug-likeness (QED) is 0.626. The lowest BCUT2D eigenvalue weighted by molar-refractivity contribution is 0.0999. The summed E-state index contributed by atoms with van der Waals surface area (Å²) in [4.78, 5) is 7.85. The molecular weight excluding hydrogens is 170 g/mol. The third-order valence-corrected chi connectivity index (χ3v) is 1.47. The van der Waals surface area contributed by atoms with E-state index in [0.717, 1.165) is 0 Å². The van der Waals surface area contributed by atoms with Crippen LogP contribution in [0.1, 0.15) is 11.4 Å². The van der Waals surface area contributed by atoms with Gasteiger partial charge in [-0.05, 0) is 0 Å². The van der Waals surface area contributed by atoms with Crippen LogP contribution in [0.5, 0.6) is 0 Å². The van der Waals surface area contributed by atoms with Crippen LogP contribution < -0.4 is 0 Å². The number of rotatable bonds is 1. The maximum absolute atomic E-state index is 8.49. The Morgan fingerprint density at radius 2 is 2.15 bits per heavy atom. The largest absolute Gasteiger partial charge is 0.461 e. The minimum Gasteiger partial charge on any atom is -0.461 e. The fourth-order valence-corrected chi connectivity index (χ4v) is 0.871. The first-order chi connectivity index (χ1) is 6.40. The van der Waals surface area contributed by atoms with Crippen molar-refractivity contribution in [3.8, 4) is 6.07 Å². The average Bonchev–Trinajstić information content (AvgIpc) is 2.71. The zero-order chi connectivity index (χ0) is 9.10. The number of nitriles is 1. The highest BCUT2D eigenvalue weighted by molar-refractivity contribution is 5.52. The lowest BCUT2D eigenvalue weighted by atomic mass is 10.4. The summed E-state index contributed by atoms with van der Waals surface area (Å²) in [6.07, 6.45) is 4.32. The number of hydrogen-bond acceptors (Lipinski definition) is 5. The van der Waals surface area contributed by atoms with Gasteiger partial charge in [0.25, 0.3) is 0 Å². The standard InChI is InChI=1S/C8H5N3O2/c9-1-6-2-10-8(11-3-6)7-4-12-5-13-7/h2-4H,5H2. The van der Waals surface area contributed by atoms with Crippen molar-refractivity contribution in [3.63, 3.8) is 0 Å². The lowest BCUT2D eigenvalue weighted by Gasteiger charge is -1.97. The third-order valence-electron chi connectivity index (χ3n) is 1.47. The number of nitrogens with zero attached hydrogens (tertiary/aromatic N) is 3. The normalized spacial score (nSPS) is 13.9. The second kappa shape index (κ2) is 3.11. The monoisotopic (exact) mass is 175 g/mol. The molecule has 5 nitrogen and oxygen atoms in total. The van der Waals surface area contributed by atoms with Gasteiger partial charge in [0.1, 0.15) is 12.3 Å². The van der Waals surface area contributed by atoms with Crippen molar-refractivity contribution in [2.75, 3.05) is 6.79 Å². The second-order valence-electron chi connectivity index (χ2n) is 2.32. The van der Waals surface area contributed by atoms with E-state index in [1.165, 1.54) is 18.7 Å². The molecule has 1 aromatic rings. The Labute approximate surface area is 74.3 Å². The molecule has 0 atom stereocenters. The van der Waals surface area contributed by atoms with Gasteiger partial charge in [-0.15, -0.1) is 0 Å². The van der Waals surface area contributed by atoms with E-state index in [-0.39, 0.29) is 6.79 Å². The Hall–Kier alpha value is -2.09.